The molecule has 0 spiro atoms. The molecule has 0 bridgehead atoms. The van der Waals surface area contributed by atoms with Gasteiger partial charge in [0.05, 0.1) is 21.7 Å². The molecule has 0 radical (unpaired) electrons. The molecule has 0 aliphatic rings. The van der Waals surface area contributed by atoms with E-state index in [4.69, 9.17) is 4.74 Å². The zero-order chi connectivity index (χ0) is 17.2. The maximum atomic E-state index is 13.0. The van der Waals surface area contributed by atoms with Crippen LogP contribution >= 0.6 is 11.3 Å². The Kier molecular flexibility index (Phi) is 4.79. The zero-order valence-electron chi connectivity index (χ0n) is 12.8. The zero-order valence-corrected chi connectivity index (χ0v) is 14.5. The van der Waals surface area contributed by atoms with E-state index in [1.165, 1.54) is 23.5 Å². The molecule has 2 aromatic carbocycles. The molecule has 0 atom stereocenters. The molecule has 0 saturated heterocycles. The smallest absolute Gasteiger partial charge is 0.285 e. The van der Waals surface area contributed by atoms with Gasteiger partial charge in [-0.2, -0.15) is 8.42 Å². The van der Waals surface area contributed by atoms with Crippen LogP contribution in [-0.4, -0.2) is 26.7 Å². The number of rotatable bonds is 5. The summed E-state index contributed by atoms with van der Waals surface area (Å²) in [7, 11) is -2.33. The summed E-state index contributed by atoms with van der Waals surface area (Å²) in [6.45, 7) is 0.919. The van der Waals surface area contributed by atoms with E-state index >= 15 is 0 Å². The van der Waals surface area contributed by atoms with E-state index in [0.717, 1.165) is 22.3 Å². The fourth-order valence-corrected chi connectivity index (χ4v) is 4.51. The Balaban J connectivity index is 2.16. The number of thiazole rings is 1. The van der Waals surface area contributed by atoms with Gasteiger partial charge in [0.25, 0.3) is 10.0 Å². The first-order valence-corrected chi connectivity index (χ1v) is 9.41. The Bertz CT molecular complexity index is 1020. The molecular formula is C16H15FN2O3S2. The van der Waals surface area contributed by atoms with Crippen LogP contribution < -0.4 is 4.80 Å². The van der Waals surface area contributed by atoms with Gasteiger partial charge in [0.2, 0.25) is 4.80 Å². The first-order chi connectivity index (χ1) is 11.5. The predicted octanol–water partition coefficient (Wildman–Crippen LogP) is 2.78. The highest BCUT2D eigenvalue weighted by molar-refractivity contribution is 7.90. The van der Waals surface area contributed by atoms with Crippen molar-refractivity contribution >= 4 is 31.6 Å². The van der Waals surface area contributed by atoms with Crippen LogP contribution in [0.5, 0.6) is 0 Å². The van der Waals surface area contributed by atoms with Crippen LogP contribution in [0.3, 0.4) is 0 Å². The van der Waals surface area contributed by atoms with Crippen molar-refractivity contribution < 1.29 is 17.5 Å². The van der Waals surface area contributed by atoms with E-state index in [1.54, 1.807) is 7.11 Å². The minimum absolute atomic E-state index is 0.0420. The topological polar surface area (TPSA) is 60.7 Å². The number of ether oxygens (including phenoxy) is 1. The van der Waals surface area contributed by atoms with Crippen molar-refractivity contribution in [3.8, 4) is 0 Å². The first kappa shape index (κ1) is 16.8. The van der Waals surface area contributed by atoms with Crippen molar-refractivity contribution in [1.29, 1.82) is 0 Å². The Morgan fingerprint density at radius 2 is 1.88 bits per heavy atom. The number of fused-ring (bicyclic) bond motifs is 1. The second kappa shape index (κ2) is 6.84. The Hall–Kier alpha value is -2.03. The average molecular weight is 366 g/mol. The fourth-order valence-electron chi connectivity index (χ4n) is 2.25. The molecule has 0 unspecified atom stereocenters. The highest BCUT2D eigenvalue weighted by Crippen LogP contribution is 2.18. The van der Waals surface area contributed by atoms with Crippen molar-refractivity contribution in [2.45, 2.75) is 11.4 Å². The minimum Gasteiger partial charge on any atom is -0.383 e. The van der Waals surface area contributed by atoms with Gasteiger partial charge in [-0.3, -0.25) is 0 Å². The van der Waals surface area contributed by atoms with Crippen molar-refractivity contribution in [2.24, 2.45) is 4.40 Å². The van der Waals surface area contributed by atoms with Gasteiger partial charge in [-0.05, 0) is 36.4 Å². The maximum Gasteiger partial charge on any atom is 0.285 e. The molecular weight excluding hydrogens is 351 g/mol. The lowest BCUT2D eigenvalue weighted by molar-refractivity contribution is 0.187. The molecule has 0 fully saturated rings. The van der Waals surface area contributed by atoms with E-state index in [9.17, 15) is 12.8 Å². The molecule has 0 saturated carbocycles. The molecule has 3 rings (SSSR count). The van der Waals surface area contributed by atoms with Gasteiger partial charge < -0.3 is 9.30 Å². The number of aromatic nitrogens is 1. The summed E-state index contributed by atoms with van der Waals surface area (Å²) >= 11 is 1.29. The molecule has 0 N–H and O–H groups in total. The van der Waals surface area contributed by atoms with Gasteiger partial charge in [-0.15, -0.1) is 4.40 Å². The van der Waals surface area contributed by atoms with E-state index in [2.05, 4.69) is 4.40 Å². The number of para-hydroxylation sites is 1. The Morgan fingerprint density at radius 3 is 2.58 bits per heavy atom. The van der Waals surface area contributed by atoms with Crippen molar-refractivity contribution in [3.05, 3.63) is 59.1 Å². The van der Waals surface area contributed by atoms with Gasteiger partial charge in [-0.25, -0.2) is 4.39 Å². The van der Waals surface area contributed by atoms with E-state index in [-0.39, 0.29) is 4.90 Å². The predicted molar refractivity (Wildman–Crippen MR) is 90.8 cm³/mol. The number of halogens is 1. The summed E-state index contributed by atoms with van der Waals surface area (Å²) in [5.41, 5.74) is 0.896. The van der Waals surface area contributed by atoms with E-state index in [0.29, 0.717) is 18.0 Å². The third-order valence-electron chi connectivity index (χ3n) is 3.42. The molecule has 1 aromatic heterocycles. The van der Waals surface area contributed by atoms with Gasteiger partial charge >= 0.3 is 0 Å². The largest absolute Gasteiger partial charge is 0.383 e. The minimum atomic E-state index is -3.92. The summed E-state index contributed by atoms with van der Waals surface area (Å²) < 4.78 is 49.8. The second-order valence-electron chi connectivity index (χ2n) is 5.02. The van der Waals surface area contributed by atoms with Crippen LogP contribution in [0.15, 0.2) is 57.8 Å². The lowest BCUT2D eigenvalue weighted by Gasteiger charge is -2.04. The first-order valence-electron chi connectivity index (χ1n) is 7.15. The van der Waals surface area contributed by atoms with Crippen LogP contribution in [0.4, 0.5) is 4.39 Å². The lowest BCUT2D eigenvalue weighted by atomic mass is 10.3. The van der Waals surface area contributed by atoms with E-state index in [1.807, 2.05) is 28.8 Å². The number of hydrogen-bond donors (Lipinski definition) is 0. The summed E-state index contributed by atoms with van der Waals surface area (Å²) in [6, 6.07) is 12.2. The molecule has 0 aliphatic heterocycles. The summed E-state index contributed by atoms with van der Waals surface area (Å²) in [5, 5.41) is 0. The monoisotopic (exact) mass is 366 g/mol. The molecule has 1 heterocycles. The van der Waals surface area contributed by atoms with Crippen LogP contribution in [0.25, 0.3) is 10.2 Å². The van der Waals surface area contributed by atoms with Crippen molar-refractivity contribution in [3.63, 3.8) is 0 Å². The van der Waals surface area contributed by atoms with Crippen LogP contribution in [0.2, 0.25) is 0 Å². The molecule has 3 aromatic rings. The van der Waals surface area contributed by atoms with Crippen LogP contribution in [-0.2, 0) is 21.3 Å². The summed E-state index contributed by atoms with van der Waals surface area (Å²) in [6.07, 6.45) is 0. The van der Waals surface area contributed by atoms with Gasteiger partial charge in [-0.1, -0.05) is 23.5 Å². The Morgan fingerprint density at radius 1 is 1.17 bits per heavy atom. The maximum absolute atomic E-state index is 13.0. The van der Waals surface area contributed by atoms with Gasteiger partial charge in [0.1, 0.15) is 5.82 Å². The Labute approximate surface area is 142 Å². The molecule has 8 heteroatoms. The van der Waals surface area contributed by atoms with Gasteiger partial charge in [0, 0.05) is 13.7 Å². The highest BCUT2D eigenvalue weighted by Gasteiger charge is 2.14. The van der Waals surface area contributed by atoms with Gasteiger partial charge in [0.15, 0.2) is 0 Å². The third-order valence-corrected chi connectivity index (χ3v) is 5.87. The van der Waals surface area contributed by atoms with E-state index < -0.39 is 15.8 Å². The average Bonchev–Trinajstić information content (AvgIpc) is 2.89. The summed E-state index contributed by atoms with van der Waals surface area (Å²) in [5.74, 6) is -0.494. The molecule has 5 nitrogen and oxygen atoms in total. The number of sulfonamides is 1. The highest BCUT2D eigenvalue weighted by atomic mass is 32.2. The molecule has 126 valence electrons. The van der Waals surface area contributed by atoms with Crippen LogP contribution in [0.1, 0.15) is 0 Å². The third kappa shape index (κ3) is 3.40. The summed E-state index contributed by atoms with van der Waals surface area (Å²) in [4.78, 5) is 0.317. The standard InChI is InChI=1S/C16H15FN2O3S2/c1-22-11-10-19-14-4-2-3-5-15(14)23-16(19)18-24(20,21)13-8-6-12(17)7-9-13/h2-9H,10-11H2,1H3/b18-16-. The molecule has 0 aliphatic carbocycles. The molecule has 24 heavy (non-hydrogen) atoms. The van der Waals surface area contributed by atoms with Crippen LogP contribution in [0, 0.1) is 5.82 Å². The normalized spacial score (nSPS) is 12.8. The number of hydrogen-bond acceptors (Lipinski definition) is 4. The van der Waals surface area contributed by atoms with Crippen molar-refractivity contribution in [2.75, 3.05) is 13.7 Å². The number of methoxy groups -OCH3 is 1. The number of benzene rings is 2. The quantitative estimate of drug-likeness (QED) is 0.698. The lowest BCUT2D eigenvalue weighted by Crippen LogP contribution is -2.19. The fraction of sp³-hybridized carbons (Fsp3) is 0.188. The van der Waals surface area contributed by atoms with Crippen molar-refractivity contribution in [1.82, 2.24) is 4.57 Å². The number of nitrogens with zero attached hydrogens (tertiary/aromatic N) is 2. The molecule has 0 amide bonds. The SMILES string of the molecule is COCCn1/c(=N/S(=O)(=O)c2ccc(F)cc2)sc2ccccc21. The second-order valence-corrected chi connectivity index (χ2v) is 7.63.